The van der Waals surface area contributed by atoms with E-state index in [0.717, 1.165) is 29.9 Å². The molecule has 100 valence electrons. The van der Waals surface area contributed by atoms with E-state index in [0.29, 0.717) is 18.9 Å². The molecule has 1 rings (SSSR count). The summed E-state index contributed by atoms with van der Waals surface area (Å²) in [5.41, 5.74) is 2.46. The van der Waals surface area contributed by atoms with Gasteiger partial charge in [-0.15, -0.1) is 0 Å². The molecule has 4 heteroatoms. The topological polar surface area (TPSA) is 51.0 Å². The maximum absolute atomic E-state index is 8.85. The van der Waals surface area contributed by atoms with E-state index in [1.54, 1.807) is 6.92 Å². The SMILES string of the molecule is CCCOCCOc1ccc(C)cc1/C(C)=N/O. The Hall–Kier alpha value is -1.55. The van der Waals surface area contributed by atoms with E-state index < -0.39 is 0 Å². The van der Waals surface area contributed by atoms with Crippen LogP contribution >= 0.6 is 0 Å². The summed E-state index contributed by atoms with van der Waals surface area (Å²) in [5.74, 6) is 0.719. The number of nitrogens with zero attached hydrogens (tertiary/aromatic N) is 1. The highest BCUT2D eigenvalue weighted by molar-refractivity contribution is 6.00. The average molecular weight is 251 g/mol. The highest BCUT2D eigenvalue weighted by Crippen LogP contribution is 2.20. The Kier molecular flexibility index (Phi) is 6.22. The van der Waals surface area contributed by atoms with Gasteiger partial charge in [-0.05, 0) is 32.4 Å². The van der Waals surface area contributed by atoms with Gasteiger partial charge in [-0.2, -0.15) is 0 Å². The van der Waals surface area contributed by atoms with E-state index in [4.69, 9.17) is 14.7 Å². The van der Waals surface area contributed by atoms with Crippen LogP contribution in [0.25, 0.3) is 0 Å². The van der Waals surface area contributed by atoms with E-state index in [1.807, 2.05) is 25.1 Å². The van der Waals surface area contributed by atoms with Gasteiger partial charge in [-0.1, -0.05) is 23.7 Å². The first-order valence-electron chi connectivity index (χ1n) is 6.19. The van der Waals surface area contributed by atoms with Gasteiger partial charge in [0.15, 0.2) is 0 Å². The molecule has 0 amide bonds. The van der Waals surface area contributed by atoms with Crippen molar-refractivity contribution < 1.29 is 14.7 Å². The second-order valence-corrected chi connectivity index (χ2v) is 4.15. The summed E-state index contributed by atoms with van der Waals surface area (Å²) >= 11 is 0. The van der Waals surface area contributed by atoms with Gasteiger partial charge in [0.05, 0.1) is 12.3 Å². The van der Waals surface area contributed by atoms with E-state index >= 15 is 0 Å². The molecule has 18 heavy (non-hydrogen) atoms. The molecular weight excluding hydrogens is 230 g/mol. The number of ether oxygens (including phenoxy) is 2. The second kappa shape index (κ2) is 7.71. The fourth-order valence-electron chi connectivity index (χ4n) is 1.56. The maximum Gasteiger partial charge on any atom is 0.128 e. The predicted molar refractivity (Wildman–Crippen MR) is 71.8 cm³/mol. The molecule has 0 atom stereocenters. The van der Waals surface area contributed by atoms with Crippen LogP contribution in [0.4, 0.5) is 0 Å². The Morgan fingerprint density at radius 3 is 2.72 bits per heavy atom. The Balaban J connectivity index is 2.64. The predicted octanol–water partition coefficient (Wildman–Crippen LogP) is 3.00. The van der Waals surface area contributed by atoms with Crippen LogP contribution in [0, 0.1) is 6.92 Å². The van der Waals surface area contributed by atoms with Gasteiger partial charge in [0.2, 0.25) is 0 Å². The molecular formula is C14H21NO3. The van der Waals surface area contributed by atoms with Gasteiger partial charge in [0.25, 0.3) is 0 Å². The van der Waals surface area contributed by atoms with Gasteiger partial charge in [-0.25, -0.2) is 0 Å². The number of benzene rings is 1. The van der Waals surface area contributed by atoms with Crippen LogP contribution < -0.4 is 4.74 Å². The third kappa shape index (κ3) is 4.37. The lowest BCUT2D eigenvalue weighted by Crippen LogP contribution is -2.09. The minimum Gasteiger partial charge on any atom is -0.490 e. The smallest absolute Gasteiger partial charge is 0.128 e. The fourth-order valence-corrected chi connectivity index (χ4v) is 1.56. The van der Waals surface area contributed by atoms with Gasteiger partial charge >= 0.3 is 0 Å². The number of aryl methyl sites for hydroxylation is 1. The molecule has 0 bridgehead atoms. The van der Waals surface area contributed by atoms with E-state index in [9.17, 15) is 0 Å². The third-order valence-corrected chi connectivity index (χ3v) is 2.51. The third-order valence-electron chi connectivity index (χ3n) is 2.51. The van der Waals surface area contributed by atoms with E-state index in [-0.39, 0.29) is 0 Å². The molecule has 0 aromatic heterocycles. The van der Waals surface area contributed by atoms with Crippen LogP contribution in [0.2, 0.25) is 0 Å². The standard InChI is InChI=1S/C14H21NO3/c1-4-7-17-8-9-18-14-6-5-11(2)10-13(14)12(3)15-16/h5-6,10,16H,4,7-9H2,1-3H3/b15-12+. The summed E-state index contributed by atoms with van der Waals surface area (Å²) in [6.45, 7) is 7.62. The molecule has 0 aliphatic carbocycles. The minimum atomic E-state index is 0.495. The van der Waals surface area contributed by atoms with Crippen molar-refractivity contribution in [1.82, 2.24) is 0 Å². The van der Waals surface area contributed by atoms with Gasteiger partial charge in [0.1, 0.15) is 12.4 Å². The second-order valence-electron chi connectivity index (χ2n) is 4.15. The maximum atomic E-state index is 8.85. The van der Waals surface area contributed by atoms with Crippen LogP contribution in [-0.2, 0) is 4.74 Å². The summed E-state index contributed by atoms with van der Waals surface area (Å²) in [5, 5.41) is 12.1. The molecule has 0 saturated carbocycles. The van der Waals surface area contributed by atoms with Gasteiger partial charge < -0.3 is 14.7 Å². The summed E-state index contributed by atoms with van der Waals surface area (Å²) < 4.78 is 11.0. The Morgan fingerprint density at radius 2 is 2.06 bits per heavy atom. The molecule has 0 fully saturated rings. The largest absolute Gasteiger partial charge is 0.490 e. The zero-order chi connectivity index (χ0) is 13.4. The molecule has 0 aliphatic heterocycles. The minimum absolute atomic E-state index is 0.495. The lowest BCUT2D eigenvalue weighted by Gasteiger charge is -2.11. The summed E-state index contributed by atoms with van der Waals surface area (Å²) in [6, 6.07) is 5.80. The number of hydrogen-bond acceptors (Lipinski definition) is 4. The Labute approximate surface area is 108 Å². The van der Waals surface area contributed by atoms with Crippen molar-refractivity contribution in [2.45, 2.75) is 27.2 Å². The molecule has 0 saturated heterocycles. The molecule has 0 spiro atoms. The van der Waals surface area contributed by atoms with Crippen molar-refractivity contribution in [2.75, 3.05) is 19.8 Å². The van der Waals surface area contributed by atoms with Crippen molar-refractivity contribution in [3.8, 4) is 5.75 Å². The first-order chi connectivity index (χ1) is 8.69. The first-order valence-corrected chi connectivity index (χ1v) is 6.19. The van der Waals surface area contributed by atoms with Crippen molar-refractivity contribution in [3.63, 3.8) is 0 Å². The van der Waals surface area contributed by atoms with Crippen LogP contribution in [0.3, 0.4) is 0 Å². The molecule has 1 N–H and O–H groups in total. The van der Waals surface area contributed by atoms with Crippen molar-refractivity contribution in [3.05, 3.63) is 29.3 Å². The summed E-state index contributed by atoms with van der Waals surface area (Å²) in [6.07, 6.45) is 1.01. The van der Waals surface area contributed by atoms with Gasteiger partial charge in [0, 0.05) is 12.2 Å². The van der Waals surface area contributed by atoms with Crippen molar-refractivity contribution >= 4 is 5.71 Å². The number of hydrogen-bond donors (Lipinski definition) is 1. The average Bonchev–Trinajstić information content (AvgIpc) is 2.39. The zero-order valence-electron chi connectivity index (χ0n) is 11.3. The van der Waals surface area contributed by atoms with E-state index in [2.05, 4.69) is 12.1 Å². The van der Waals surface area contributed by atoms with Crippen LogP contribution in [0.1, 0.15) is 31.4 Å². The monoisotopic (exact) mass is 251 g/mol. The van der Waals surface area contributed by atoms with Crippen LogP contribution in [-0.4, -0.2) is 30.7 Å². The van der Waals surface area contributed by atoms with Crippen molar-refractivity contribution in [1.29, 1.82) is 0 Å². The van der Waals surface area contributed by atoms with Crippen LogP contribution in [0.15, 0.2) is 23.4 Å². The highest BCUT2D eigenvalue weighted by atomic mass is 16.5. The lowest BCUT2D eigenvalue weighted by atomic mass is 10.1. The van der Waals surface area contributed by atoms with Gasteiger partial charge in [-0.3, -0.25) is 0 Å². The molecule has 4 nitrogen and oxygen atoms in total. The fraction of sp³-hybridized carbons (Fsp3) is 0.500. The number of rotatable bonds is 7. The molecule has 1 aromatic carbocycles. The summed E-state index contributed by atoms with van der Waals surface area (Å²) in [7, 11) is 0. The molecule has 0 heterocycles. The Bertz CT molecular complexity index is 402. The van der Waals surface area contributed by atoms with Crippen molar-refractivity contribution in [2.24, 2.45) is 5.16 Å². The molecule has 1 aromatic rings. The molecule has 0 radical (unpaired) electrons. The normalized spacial score (nSPS) is 11.6. The Morgan fingerprint density at radius 1 is 1.28 bits per heavy atom. The quantitative estimate of drug-likeness (QED) is 0.351. The zero-order valence-corrected chi connectivity index (χ0v) is 11.3. The lowest BCUT2D eigenvalue weighted by molar-refractivity contribution is 0.101. The number of oxime groups is 1. The first kappa shape index (κ1) is 14.5. The molecule has 0 unspecified atom stereocenters. The molecule has 0 aliphatic rings. The van der Waals surface area contributed by atoms with E-state index in [1.165, 1.54) is 0 Å². The highest BCUT2D eigenvalue weighted by Gasteiger charge is 2.07. The van der Waals surface area contributed by atoms with Crippen LogP contribution in [0.5, 0.6) is 5.75 Å². The summed E-state index contributed by atoms with van der Waals surface area (Å²) in [4.78, 5) is 0.